The van der Waals surface area contributed by atoms with Crippen LogP contribution in [-0.4, -0.2) is 45.2 Å². The summed E-state index contributed by atoms with van der Waals surface area (Å²) in [6, 6.07) is 3.43. The zero-order valence-electron chi connectivity index (χ0n) is 13.1. The summed E-state index contributed by atoms with van der Waals surface area (Å²) >= 11 is 6.35. The summed E-state index contributed by atoms with van der Waals surface area (Å²) in [5, 5.41) is -0.834. The number of methoxy groups -OCH3 is 3. The number of benzene rings is 1. The molecule has 0 spiro atoms. The fourth-order valence-electron chi connectivity index (χ4n) is 2.15. The van der Waals surface area contributed by atoms with Crippen molar-refractivity contribution in [1.29, 1.82) is 0 Å². The third-order valence-corrected chi connectivity index (χ3v) is 3.72. The number of ether oxygens (including phenoxy) is 3. The van der Waals surface area contributed by atoms with Crippen LogP contribution in [0.1, 0.15) is 24.8 Å². The first-order valence-electron chi connectivity index (χ1n) is 6.77. The van der Waals surface area contributed by atoms with E-state index in [0.717, 1.165) is 0 Å². The molecule has 5 nitrogen and oxygen atoms in total. The molecule has 1 unspecified atom stereocenters. The Bertz CT molecular complexity index is 489. The molecule has 1 aromatic carbocycles. The molecule has 118 valence electrons. The van der Waals surface area contributed by atoms with Gasteiger partial charge in [0, 0.05) is 18.7 Å². The van der Waals surface area contributed by atoms with Crippen LogP contribution < -0.4 is 14.2 Å². The van der Waals surface area contributed by atoms with Crippen LogP contribution in [0, 0.1) is 0 Å². The topological polar surface area (TPSA) is 48.0 Å². The molecule has 0 aliphatic heterocycles. The Kier molecular flexibility index (Phi) is 6.62. The number of hydrogen-bond donors (Lipinski definition) is 0. The molecule has 0 saturated carbocycles. The Morgan fingerprint density at radius 2 is 1.67 bits per heavy atom. The maximum Gasteiger partial charge on any atom is 0.245 e. The molecule has 1 rings (SSSR count). The summed E-state index contributed by atoms with van der Waals surface area (Å²) in [5.41, 5.74) is 0.564. The summed E-state index contributed by atoms with van der Waals surface area (Å²) in [7, 11) is 4.56. The monoisotopic (exact) mass is 315 g/mol. The number of nitrogens with zero attached hydrogens (tertiary/aromatic N) is 1. The minimum Gasteiger partial charge on any atom is -0.493 e. The first kappa shape index (κ1) is 17.4. The normalized spacial score (nSPS) is 11.7. The third kappa shape index (κ3) is 3.53. The predicted molar refractivity (Wildman–Crippen MR) is 82.6 cm³/mol. The average Bonchev–Trinajstić information content (AvgIpc) is 2.53. The highest BCUT2D eigenvalue weighted by Crippen LogP contribution is 2.43. The second-order valence-electron chi connectivity index (χ2n) is 4.30. The number of rotatable bonds is 7. The SMILES string of the molecule is CCN(CC)C(=O)C(Cl)c1ccc(OC)c(OC)c1OC. The summed E-state index contributed by atoms with van der Waals surface area (Å²) in [6.07, 6.45) is 0. The Balaban J connectivity index is 3.26. The maximum atomic E-state index is 12.4. The van der Waals surface area contributed by atoms with E-state index < -0.39 is 5.38 Å². The van der Waals surface area contributed by atoms with Gasteiger partial charge in [0.05, 0.1) is 21.3 Å². The van der Waals surface area contributed by atoms with Gasteiger partial charge in [0.25, 0.3) is 0 Å². The van der Waals surface area contributed by atoms with Gasteiger partial charge in [-0.15, -0.1) is 11.6 Å². The Morgan fingerprint density at radius 3 is 2.10 bits per heavy atom. The number of carbonyl (C=O) groups excluding carboxylic acids is 1. The lowest BCUT2D eigenvalue weighted by molar-refractivity contribution is -0.130. The molecular formula is C15H22ClNO4. The number of halogens is 1. The number of alkyl halides is 1. The standard InChI is InChI=1S/C15H22ClNO4/c1-6-17(7-2)15(18)12(16)10-8-9-11(19-3)14(21-5)13(10)20-4/h8-9,12H,6-7H2,1-5H3. The van der Waals surface area contributed by atoms with Crippen molar-refractivity contribution in [3.8, 4) is 17.2 Å². The van der Waals surface area contributed by atoms with Crippen LogP contribution in [0.2, 0.25) is 0 Å². The van der Waals surface area contributed by atoms with E-state index in [4.69, 9.17) is 25.8 Å². The summed E-state index contributed by atoms with van der Waals surface area (Å²) in [6.45, 7) is 5.04. The lowest BCUT2D eigenvalue weighted by Crippen LogP contribution is -2.33. The lowest BCUT2D eigenvalue weighted by Gasteiger charge is -2.23. The van der Waals surface area contributed by atoms with E-state index in [9.17, 15) is 4.79 Å². The molecule has 0 fully saturated rings. The van der Waals surface area contributed by atoms with E-state index in [-0.39, 0.29) is 5.91 Å². The van der Waals surface area contributed by atoms with Crippen LogP contribution in [-0.2, 0) is 4.79 Å². The number of likely N-dealkylation sites (N-methyl/N-ethyl adjacent to an activating group) is 1. The lowest BCUT2D eigenvalue weighted by atomic mass is 10.1. The molecule has 0 aromatic heterocycles. The van der Waals surface area contributed by atoms with E-state index in [1.54, 1.807) is 17.0 Å². The smallest absolute Gasteiger partial charge is 0.245 e. The van der Waals surface area contributed by atoms with Gasteiger partial charge in [-0.25, -0.2) is 0 Å². The highest BCUT2D eigenvalue weighted by molar-refractivity contribution is 6.31. The van der Waals surface area contributed by atoms with Crippen molar-refractivity contribution in [1.82, 2.24) is 4.90 Å². The molecule has 1 amide bonds. The summed E-state index contributed by atoms with van der Waals surface area (Å²) in [4.78, 5) is 14.1. The molecule has 1 atom stereocenters. The van der Waals surface area contributed by atoms with Crippen molar-refractivity contribution >= 4 is 17.5 Å². The van der Waals surface area contributed by atoms with Crippen molar-refractivity contribution in [2.24, 2.45) is 0 Å². The Labute approximate surface area is 130 Å². The average molecular weight is 316 g/mol. The number of hydrogen-bond acceptors (Lipinski definition) is 4. The van der Waals surface area contributed by atoms with Crippen molar-refractivity contribution in [2.45, 2.75) is 19.2 Å². The summed E-state index contributed by atoms with van der Waals surface area (Å²) < 4.78 is 15.9. The van der Waals surface area contributed by atoms with Gasteiger partial charge in [0.2, 0.25) is 11.7 Å². The summed E-state index contributed by atoms with van der Waals surface area (Å²) in [5.74, 6) is 1.21. The van der Waals surface area contributed by atoms with Gasteiger partial charge >= 0.3 is 0 Å². The van der Waals surface area contributed by atoms with E-state index in [2.05, 4.69) is 0 Å². The maximum absolute atomic E-state index is 12.4. The quantitative estimate of drug-likeness (QED) is 0.726. The predicted octanol–water partition coefficient (Wildman–Crippen LogP) is 2.86. The van der Waals surface area contributed by atoms with E-state index >= 15 is 0 Å². The van der Waals surface area contributed by atoms with Gasteiger partial charge < -0.3 is 19.1 Å². The van der Waals surface area contributed by atoms with Gasteiger partial charge in [-0.3, -0.25) is 4.79 Å². The first-order valence-corrected chi connectivity index (χ1v) is 7.20. The molecule has 0 aliphatic rings. The first-order chi connectivity index (χ1) is 10.0. The molecular weight excluding hydrogens is 294 g/mol. The van der Waals surface area contributed by atoms with Gasteiger partial charge in [-0.1, -0.05) is 0 Å². The zero-order chi connectivity index (χ0) is 16.0. The molecule has 0 bridgehead atoms. The molecule has 21 heavy (non-hydrogen) atoms. The van der Waals surface area contributed by atoms with Gasteiger partial charge in [0.15, 0.2) is 11.5 Å². The fraction of sp³-hybridized carbons (Fsp3) is 0.533. The second-order valence-corrected chi connectivity index (χ2v) is 4.73. The largest absolute Gasteiger partial charge is 0.493 e. The zero-order valence-corrected chi connectivity index (χ0v) is 13.9. The van der Waals surface area contributed by atoms with Crippen molar-refractivity contribution < 1.29 is 19.0 Å². The van der Waals surface area contributed by atoms with Crippen LogP contribution in [0.5, 0.6) is 17.2 Å². The third-order valence-electron chi connectivity index (χ3n) is 3.30. The number of amides is 1. The molecule has 0 aliphatic carbocycles. The van der Waals surface area contributed by atoms with Gasteiger partial charge in [-0.05, 0) is 26.0 Å². The highest BCUT2D eigenvalue weighted by Gasteiger charge is 2.28. The van der Waals surface area contributed by atoms with E-state index in [1.165, 1.54) is 21.3 Å². The number of carbonyl (C=O) groups is 1. The minimum atomic E-state index is -0.834. The van der Waals surface area contributed by atoms with E-state index in [0.29, 0.717) is 35.9 Å². The van der Waals surface area contributed by atoms with Gasteiger partial charge in [-0.2, -0.15) is 0 Å². The Hall–Kier alpha value is -1.62. The van der Waals surface area contributed by atoms with Crippen molar-refractivity contribution in [2.75, 3.05) is 34.4 Å². The van der Waals surface area contributed by atoms with Gasteiger partial charge in [0.1, 0.15) is 5.38 Å². The molecule has 1 aromatic rings. The molecule has 0 N–H and O–H groups in total. The van der Waals surface area contributed by atoms with Crippen LogP contribution >= 0.6 is 11.6 Å². The second kappa shape index (κ2) is 7.98. The Morgan fingerprint density at radius 1 is 1.10 bits per heavy atom. The molecule has 6 heteroatoms. The van der Waals surface area contributed by atoms with E-state index in [1.807, 2.05) is 13.8 Å². The minimum absolute atomic E-state index is 0.160. The van der Waals surface area contributed by atoms with Crippen LogP contribution in [0.3, 0.4) is 0 Å². The van der Waals surface area contributed by atoms with Crippen LogP contribution in [0.25, 0.3) is 0 Å². The fourth-order valence-corrected chi connectivity index (χ4v) is 2.46. The molecule has 0 heterocycles. The van der Waals surface area contributed by atoms with Crippen molar-refractivity contribution in [3.05, 3.63) is 17.7 Å². The van der Waals surface area contributed by atoms with Crippen LogP contribution in [0.4, 0.5) is 0 Å². The van der Waals surface area contributed by atoms with Crippen molar-refractivity contribution in [3.63, 3.8) is 0 Å². The molecule has 0 saturated heterocycles. The molecule has 0 radical (unpaired) electrons. The van der Waals surface area contributed by atoms with Crippen LogP contribution in [0.15, 0.2) is 12.1 Å². The highest BCUT2D eigenvalue weighted by atomic mass is 35.5.